The van der Waals surface area contributed by atoms with Crippen LogP contribution in [0.1, 0.15) is 12.5 Å². The minimum absolute atomic E-state index is 0.0851. The largest absolute Gasteiger partial charge is 0.490 e. The molecule has 0 saturated heterocycles. The van der Waals surface area contributed by atoms with Gasteiger partial charge in [-0.2, -0.15) is 14.0 Å². The molecule has 0 unspecified atom stereocenters. The summed E-state index contributed by atoms with van der Waals surface area (Å²) in [4.78, 5) is 12.3. The van der Waals surface area contributed by atoms with E-state index in [-0.39, 0.29) is 23.7 Å². The number of amides is 1. The molecular formula is C19H15ClF2N2O3. The molecule has 0 spiro atoms. The number of rotatable bonds is 7. The number of halogens is 3. The number of carbonyl (C=O) groups excluding carboxylic acids is 1. The number of nitrogens with zero attached hydrogens (tertiary/aromatic N) is 1. The SMILES string of the molecule is CCOc1cc(/C=C(\C#N)C(=O)Nc2ccc(Cl)cc2)ccc1OC(F)F. The van der Waals surface area contributed by atoms with Crippen LogP contribution in [0.4, 0.5) is 14.5 Å². The van der Waals surface area contributed by atoms with Crippen LogP contribution in [0, 0.1) is 11.3 Å². The van der Waals surface area contributed by atoms with Gasteiger partial charge in [0, 0.05) is 10.7 Å². The summed E-state index contributed by atoms with van der Waals surface area (Å²) in [5.41, 5.74) is 0.721. The highest BCUT2D eigenvalue weighted by Crippen LogP contribution is 2.30. The highest BCUT2D eigenvalue weighted by molar-refractivity contribution is 6.30. The van der Waals surface area contributed by atoms with Crippen molar-refractivity contribution in [2.75, 3.05) is 11.9 Å². The lowest BCUT2D eigenvalue weighted by atomic mass is 10.1. The predicted molar refractivity (Wildman–Crippen MR) is 97.9 cm³/mol. The fourth-order valence-electron chi connectivity index (χ4n) is 2.12. The van der Waals surface area contributed by atoms with Gasteiger partial charge in [-0.05, 0) is 55.0 Å². The molecule has 27 heavy (non-hydrogen) atoms. The maximum atomic E-state index is 12.4. The molecule has 1 N–H and O–H groups in total. The van der Waals surface area contributed by atoms with Crippen LogP contribution in [0.5, 0.6) is 11.5 Å². The number of nitriles is 1. The third-order valence-corrected chi connectivity index (χ3v) is 3.51. The van der Waals surface area contributed by atoms with Crippen molar-refractivity contribution in [1.29, 1.82) is 5.26 Å². The number of ether oxygens (including phenoxy) is 2. The Bertz CT molecular complexity index is 878. The van der Waals surface area contributed by atoms with E-state index in [0.717, 1.165) is 0 Å². The molecule has 0 atom stereocenters. The predicted octanol–water partition coefficient (Wildman–Crippen LogP) is 4.89. The van der Waals surface area contributed by atoms with Crippen molar-refractivity contribution in [3.05, 3.63) is 58.6 Å². The quantitative estimate of drug-likeness (QED) is 0.538. The summed E-state index contributed by atoms with van der Waals surface area (Å²) in [6, 6.07) is 12.3. The zero-order valence-electron chi connectivity index (χ0n) is 14.2. The number of nitrogens with one attached hydrogen (secondary N) is 1. The van der Waals surface area contributed by atoms with Crippen LogP contribution >= 0.6 is 11.6 Å². The summed E-state index contributed by atoms with van der Waals surface area (Å²) in [6.45, 7) is -1.07. The van der Waals surface area contributed by atoms with Gasteiger partial charge in [-0.1, -0.05) is 17.7 Å². The summed E-state index contributed by atoms with van der Waals surface area (Å²) in [7, 11) is 0. The summed E-state index contributed by atoms with van der Waals surface area (Å²) < 4.78 is 34.6. The van der Waals surface area contributed by atoms with Gasteiger partial charge in [0.2, 0.25) is 0 Å². The Hall–Kier alpha value is -3.11. The van der Waals surface area contributed by atoms with Crippen molar-refractivity contribution in [3.8, 4) is 17.6 Å². The Labute approximate surface area is 159 Å². The Balaban J connectivity index is 2.25. The first-order valence-electron chi connectivity index (χ1n) is 7.83. The van der Waals surface area contributed by atoms with Crippen molar-refractivity contribution >= 4 is 29.3 Å². The van der Waals surface area contributed by atoms with Crippen LogP contribution in [0.15, 0.2) is 48.0 Å². The first kappa shape index (κ1) is 20.2. The van der Waals surface area contributed by atoms with Crippen molar-refractivity contribution in [2.45, 2.75) is 13.5 Å². The van der Waals surface area contributed by atoms with Gasteiger partial charge >= 0.3 is 6.61 Å². The Morgan fingerprint density at radius 3 is 2.56 bits per heavy atom. The molecule has 2 rings (SSSR count). The molecule has 0 radical (unpaired) electrons. The third-order valence-electron chi connectivity index (χ3n) is 3.26. The smallest absolute Gasteiger partial charge is 0.387 e. The van der Waals surface area contributed by atoms with E-state index < -0.39 is 12.5 Å². The summed E-state index contributed by atoms with van der Waals surface area (Å²) in [6.07, 6.45) is 1.32. The van der Waals surface area contributed by atoms with Crippen LogP contribution in [0.25, 0.3) is 6.08 Å². The lowest BCUT2D eigenvalue weighted by molar-refractivity contribution is -0.112. The Morgan fingerprint density at radius 1 is 1.26 bits per heavy atom. The second-order valence-corrected chi connectivity index (χ2v) is 5.58. The van der Waals surface area contributed by atoms with E-state index in [2.05, 4.69) is 10.1 Å². The normalized spacial score (nSPS) is 11.0. The molecule has 0 aliphatic carbocycles. The summed E-state index contributed by atoms with van der Waals surface area (Å²) in [5.74, 6) is -0.666. The number of alkyl halides is 2. The van der Waals surface area contributed by atoms with Gasteiger partial charge in [0.15, 0.2) is 11.5 Å². The topological polar surface area (TPSA) is 71.3 Å². The van der Waals surface area contributed by atoms with Gasteiger partial charge < -0.3 is 14.8 Å². The maximum Gasteiger partial charge on any atom is 0.387 e. The fraction of sp³-hybridized carbons (Fsp3) is 0.158. The van der Waals surface area contributed by atoms with E-state index in [9.17, 15) is 18.8 Å². The number of hydrogen-bond acceptors (Lipinski definition) is 4. The first-order chi connectivity index (χ1) is 12.9. The van der Waals surface area contributed by atoms with Crippen molar-refractivity contribution in [1.82, 2.24) is 0 Å². The van der Waals surface area contributed by atoms with Gasteiger partial charge in [0.25, 0.3) is 5.91 Å². The second kappa shape index (κ2) is 9.55. The number of carbonyl (C=O) groups is 1. The van der Waals surface area contributed by atoms with E-state index in [4.69, 9.17) is 16.3 Å². The Morgan fingerprint density at radius 2 is 1.96 bits per heavy atom. The van der Waals surface area contributed by atoms with Crippen LogP contribution < -0.4 is 14.8 Å². The average molecular weight is 393 g/mol. The molecule has 0 fully saturated rings. The molecule has 5 nitrogen and oxygen atoms in total. The molecule has 0 saturated carbocycles. The molecule has 0 heterocycles. The molecule has 2 aromatic rings. The zero-order chi connectivity index (χ0) is 19.8. The second-order valence-electron chi connectivity index (χ2n) is 5.15. The molecule has 0 aliphatic heterocycles. The van der Waals surface area contributed by atoms with E-state index >= 15 is 0 Å². The highest BCUT2D eigenvalue weighted by Gasteiger charge is 2.13. The molecule has 1 amide bonds. The van der Waals surface area contributed by atoms with Gasteiger partial charge in [-0.3, -0.25) is 4.79 Å². The molecular weight excluding hydrogens is 378 g/mol. The minimum Gasteiger partial charge on any atom is -0.490 e. The van der Waals surface area contributed by atoms with Crippen LogP contribution in [-0.4, -0.2) is 19.1 Å². The third kappa shape index (κ3) is 5.97. The molecule has 0 bridgehead atoms. The number of benzene rings is 2. The van der Waals surface area contributed by atoms with Crippen LogP contribution in [0.3, 0.4) is 0 Å². The van der Waals surface area contributed by atoms with Gasteiger partial charge in [-0.15, -0.1) is 0 Å². The van der Waals surface area contributed by atoms with Gasteiger partial charge in [0.1, 0.15) is 11.6 Å². The molecule has 140 valence electrons. The van der Waals surface area contributed by atoms with Crippen molar-refractivity contribution < 1.29 is 23.0 Å². The summed E-state index contributed by atoms with van der Waals surface area (Å²) in [5, 5.41) is 12.4. The lowest BCUT2D eigenvalue weighted by Crippen LogP contribution is -2.13. The summed E-state index contributed by atoms with van der Waals surface area (Å²) >= 11 is 5.78. The zero-order valence-corrected chi connectivity index (χ0v) is 15.0. The first-order valence-corrected chi connectivity index (χ1v) is 8.21. The van der Waals surface area contributed by atoms with Gasteiger partial charge in [0.05, 0.1) is 6.61 Å². The van der Waals surface area contributed by atoms with Gasteiger partial charge in [-0.25, -0.2) is 0 Å². The minimum atomic E-state index is -2.99. The number of anilines is 1. The molecule has 0 aromatic heterocycles. The monoisotopic (exact) mass is 392 g/mol. The van der Waals surface area contributed by atoms with Crippen LogP contribution in [-0.2, 0) is 4.79 Å². The van der Waals surface area contributed by atoms with Crippen molar-refractivity contribution in [2.24, 2.45) is 0 Å². The fourth-order valence-corrected chi connectivity index (χ4v) is 2.25. The standard InChI is InChI=1S/C19H15ClF2N2O3/c1-2-26-17-10-12(3-8-16(17)27-19(21)22)9-13(11-23)18(25)24-15-6-4-14(20)5-7-15/h3-10,19H,2H2,1H3,(H,24,25)/b13-9+. The maximum absolute atomic E-state index is 12.4. The Kier molecular flexibility index (Phi) is 7.15. The average Bonchev–Trinajstić information content (AvgIpc) is 2.63. The molecule has 8 heteroatoms. The van der Waals surface area contributed by atoms with E-state index in [1.54, 1.807) is 31.2 Å². The highest BCUT2D eigenvalue weighted by atomic mass is 35.5. The van der Waals surface area contributed by atoms with E-state index in [1.807, 2.05) is 6.07 Å². The van der Waals surface area contributed by atoms with Crippen molar-refractivity contribution in [3.63, 3.8) is 0 Å². The van der Waals surface area contributed by atoms with E-state index in [0.29, 0.717) is 16.3 Å². The van der Waals surface area contributed by atoms with E-state index in [1.165, 1.54) is 24.3 Å². The number of hydrogen-bond donors (Lipinski definition) is 1. The van der Waals surface area contributed by atoms with Crippen LogP contribution in [0.2, 0.25) is 5.02 Å². The molecule has 2 aromatic carbocycles. The molecule has 0 aliphatic rings. The lowest BCUT2D eigenvalue weighted by Gasteiger charge is -2.12.